The maximum absolute atomic E-state index is 12.8. The van der Waals surface area contributed by atoms with E-state index in [4.69, 9.17) is 5.41 Å². The van der Waals surface area contributed by atoms with Crippen molar-refractivity contribution in [2.24, 2.45) is 0 Å². The summed E-state index contributed by atoms with van der Waals surface area (Å²) in [7, 11) is 0. The number of pyridine rings is 1. The van der Waals surface area contributed by atoms with Crippen molar-refractivity contribution >= 4 is 11.8 Å². The fourth-order valence-electron chi connectivity index (χ4n) is 1.75. The van der Waals surface area contributed by atoms with Crippen molar-refractivity contribution in [2.45, 2.75) is 25.2 Å². The van der Waals surface area contributed by atoms with E-state index >= 15 is 0 Å². The van der Waals surface area contributed by atoms with Crippen LogP contribution < -0.4 is 0 Å². The van der Waals surface area contributed by atoms with Gasteiger partial charge in [-0.05, 0) is 18.1 Å². The van der Waals surface area contributed by atoms with Crippen LogP contribution in [-0.4, -0.2) is 23.5 Å². The Kier molecular flexibility index (Phi) is 4.01. The van der Waals surface area contributed by atoms with E-state index < -0.39 is 18.8 Å². The van der Waals surface area contributed by atoms with Crippen LogP contribution in [0.5, 0.6) is 0 Å². The van der Waals surface area contributed by atoms with E-state index in [1.165, 1.54) is 6.08 Å². The molecule has 1 heterocycles. The van der Waals surface area contributed by atoms with Crippen molar-refractivity contribution in [3.05, 3.63) is 47.3 Å². The molecule has 0 unspecified atom stereocenters. The Balaban J connectivity index is 1.99. The molecule has 6 heteroatoms. The Bertz CT molecular complexity index is 551. The number of nitrogens with one attached hydrogen (secondary N) is 1. The van der Waals surface area contributed by atoms with Crippen LogP contribution in [0.4, 0.5) is 17.6 Å². The van der Waals surface area contributed by atoms with Gasteiger partial charge in [-0.2, -0.15) is 0 Å². The molecular formula is C14H12F4N2. The monoisotopic (exact) mass is 284 g/mol. The Hall–Kier alpha value is -1.98. The predicted molar refractivity (Wildman–Crippen MR) is 68.4 cm³/mol. The van der Waals surface area contributed by atoms with E-state index in [1.54, 1.807) is 18.3 Å². The first-order valence-electron chi connectivity index (χ1n) is 5.99. The number of alkyl halides is 4. The second kappa shape index (κ2) is 5.56. The van der Waals surface area contributed by atoms with E-state index in [2.05, 4.69) is 4.98 Å². The van der Waals surface area contributed by atoms with Crippen molar-refractivity contribution in [1.29, 1.82) is 5.41 Å². The molecule has 0 radical (unpaired) electrons. The molecule has 1 aromatic rings. The van der Waals surface area contributed by atoms with Gasteiger partial charge in [-0.1, -0.05) is 18.2 Å². The smallest absolute Gasteiger partial charge is 0.307 e. The van der Waals surface area contributed by atoms with Crippen molar-refractivity contribution in [1.82, 2.24) is 4.98 Å². The average molecular weight is 284 g/mol. The third kappa shape index (κ3) is 3.12. The number of halogens is 4. The van der Waals surface area contributed by atoms with Crippen LogP contribution >= 0.6 is 0 Å². The molecule has 0 bridgehead atoms. The van der Waals surface area contributed by atoms with Crippen LogP contribution in [0.2, 0.25) is 0 Å². The molecule has 0 atom stereocenters. The summed E-state index contributed by atoms with van der Waals surface area (Å²) in [6.45, 7) is 0. The SMILES string of the molecule is N=C/C(=C\C=C1/c2cccnc21)CCC(F)(F)C(F)F. The molecular weight excluding hydrogens is 272 g/mol. The standard InChI is InChI=1S/C14H12F4N2/c15-13(16)14(17,18)6-5-9(8-19)3-4-11-10-2-1-7-20-12(10)11/h1-4,7-8,13,19H,5-6H2/b9-3-,11-4+,19-8?. The quantitative estimate of drug-likeness (QED) is 0.629. The summed E-state index contributed by atoms with van der Waals surface area (Å²) in [5, 5.41) is 7.13. The molecule has 2 nitrogen and oxygen atoms in total. The lowest BCUT2D eigenvalue weighted by molar-refractivity contribution is -0.132. The maximum Gasteiger partial charge on any atom is 0.307 e. The van der Waals surface area contributed by atoms with Crippen LogP contribution in [-0.2, 0) is 0 Å². The zero-order valence-corrected chi connectivity index (χ0v) is 10.4. The average Bonchev–Trinajstić information content (AvgIpc) is 3.12. The number of hydrogen-bond acceptors (Lipinski definition) is 2. The fourth-order valence-corrected chi connectivity index (χ4v) is 1.75. The number of fused-ring (bicyclic) bond motifs is 1. The van der Waals surface area contributed by atoms with Gasteiger partial charge >= 0.3 is 12.3 Å². The highest BCUT2D eigenvalue weighted by Gasteiger charge is 2.39. The minimum atomic E-state index is -4.01. The Labute approximate surface area is 113 Å². The first-order chi connectivity index (χ1) is 9.45. The second-order valence-corrected chi connectivity index (χ2v) is 4.43. The molecule has 0 aromatic carbocycles. The van der Waals surface area contributed by atoms with Crippen molar-refractivity contribution in [3.8, 4) is 0 Å². The molecule has 1 aliphatic carbocycles. The molecule has 1 aliphatic rings. The van der Waals surface area contributed by atoms with Crippen LogP contribution in [0, 0.1) is 5.41 Å². The second-order valence-electron chi connectivity index (χ2n) is 4.43. The van der Waals surface area contributed by atoms with Gasteiger partial charge in [0.15, 0.2) is 0 Å². The summed E-state index contributed by atoms with van der Waals surface area (Å²) >= 11 is 0. The topological polar surface area (TPSA) is 36.7 Å². The Morgan fingerprint density at radius 1 is 1.40 bits per heavy atom. The molecule has 1 N–H and O–H groups in total. The summed E-state index contributed by atoms with van der Waals surface area (Å²) < 4.78 is 49.6. The van der Waals surface area contributed by atoms with Crippen LogP contribution in [0.1, 0.15) is 24.1 Å². The Morgan fingerprint density at radius 3 is 2.70 bits per heavy atom. The van der Waals surface area contributed by atoms with Crippen molar-refractivity contribution < 1.29 is 17.6 Å². The zero-order chi connectivity index (χ0) is 14.8. The lowest BCUT2D eigenvalue weighted by atomic mass is 10.1. The van der Waals surface area contributed by atoms with Gasteiger partial charge in [0.1, 0.15) is 0 Å². The van der Waals surface area contributed by atoms with Crippen molar-refractivity contribution in [2.75, 3.05) is 0 Å². The lowest BCUT2D eigenvalue weighted by Crippen LogP contribution is -2.26. The number of aromatic nitrogens is 1. The molecule has 1 aromatic heterocycles. The third-order valence-corrected chi connectivity index (χ3v) is 3.01. The minimum absolute atomic E-state index is 0.269. The summed E-state index contributed by atoms with van der Waals surface area (Å²) in [6.07, 6.45) is 0.784. The number of allylic oxidation sites excluding steroid dienone is 3. The van der Waals surface area contributed by atoms with E-state index in [1.807, 2.05) is 6.07 Å². The molecule has 106 valence electrons. The van der Waals surface area contributed by atoms with Gasteiger partial charge in [-0.3, -0.25) is 4.98 Å². The summed E-state index contributed by atoms with van der Waals surface area (Å²) in [4.78, 5) is 4.09. The summed E-state index contributed by atoms with van der Waals surface area (Å²) in [5.41, 5.74) is 2.97. The van der Waals surface area contributed by atoms with Crippen LogP contribution in [0.15, 0.2) is 36.1 Å². The number of hydrogen-bond donors (Lipinski definition) is 1. The minimum Gasteiger partial charge on any atom is -0.308 e. The predicted octanol–water partition coefficient (Wildman–Crippen LogP) is 4.08. The largest absolute Gasteiger partial charge is 0.308 e. The highest BCUT2D eigenvalue weighted by atomic mass is 19.3. The summed E-state index contributed by atoms with van der Waals surface area (Å²) in [6, 6.07) is 3.65. The Morgan fingerprint density at radius 2 is 2.15 bits per heavy atom. The molecule has 2 rings (SSSR count). The van der Waals surface area contributed by atoms with E-state index in [0.29, 0.717) is 0 Å². The van der Waals surface area contributed by atoms with E-state index in [0.717, 1.165) is 23.0 Å². The van der Waals surface area contributed by atoms with Gasteiger partial charge in [0, 0.05) is 30.0 Å². The number of nitrogens with zero attached hydrogens (tertiary/aromatic N) is 1. The molecule has 0 amide bonds. The molecule has 0 fully saturated rings. The van der Waals surface area contributed by atoms with Gasteiger partial charge in [-0.25, -0.2) is 17.6 Å². The maximum atomic E-state index is 12.8. The van der Waals surface area contributed by atoms with Gasteiger partial charge in [0.2, 0.25) is 0 Å². The van der Waals surface area contributed by atoms with E-state index in [9.17, 15) is 17.6 Å². The molecule has 0 saturated heterocycles. The highest BCUT2D eigenvalue weighted by Crippen LogP contribution is 2.39. The van der Waals surface area contributed by atoms with Crippen LogP contribution in [0.3, 0.4) is 0 Å². The first-order valence-corrected chi connectivity index (χ1v) is 5.99. The third-order valence-electron chi connectivity index (χ3n) is 3.01. The normalized spacial score (nSPS) is 16.4. The van der Waals surface area contributed by atoms with Crippen LogP contribution in [0.25, 0.3) is 5.57 Å². The van der Waals surface area contributed by atoms with Gasteiger partial charge in [-0.15, -0.1) is 0 Å². The van der Waals surface area contributed by atoms with E-state index in [-0.39, 0.29) is 12.0 Å². The fraction of sp³-hybridized carbons (Fsp3) is 0.286. The van der Waals surface area contributed by atoms with Gasteiger partial charge in [0.05, 0.1) is 5.69 Å². The lowest BCUT2D eigenvalue weighted by Gasteiger charge is -2.14. The molecule has 0 saturated carbocycles. The van der Waals surface area contributed by atoms with Gasteiger partial charge in [0.25, 0.3) is 0 Å². The van der Waals surface area contributed by atoms with Gasteiger partial charge < -0.3 is 5.41 Å². The number of rotatable bonds is 6. The molecule has 0 aliphatic heterocycles. The molecule has 20 heavy (non-hydrogen) atoms. The zero-order valence-electron chi connectivity index (χ0n) is 10.4. The molecule has 0 spiro atoms. The van der Waals surface area contributed by atoms with Crippen molar-refractivity contribution in [3.63, 3.8) is 0 Å². The summed E-state index contributed by atoms with van der Waals surface area (Å²) in [5.74, 6) is -4.01. The highest BCUT2D eigenvalue weighted by molar-refractivity contribution is 5.98. The first kappa shape index (κ1) is 14.4.